The number of nitrogen functional groups attached to an aromatic ring is 1. The fraction of sp³-hybridized carbons (Fsp3) is 0.200. The Kier molecular flexibility index (Phi) is 6.03. The topological polar surface area (TPSA) is 74.4 Å². The van der Waals surface area contributed by atoms with E-state index in [-0.39, 0.29) is 5.69 Å². The number of aromatic nitrogens is 1. The van der Waals surface area contributed by atoms with E-state index in [1.807, 2.05) is 13.8 Å². The van der Waals surface area contributed by atoms with Crippen molar-refractivity contribution in [2.75, 3.05) is 12.8 Å². The fourth-order valence-corrected chi connectivity index (χ4v) is 1.36. The summed E-state index contributed by atoms with van der Waals surface area (Å²) in [6, 6.07) is 10.1. The normalized spacial score (nSPS) is 9.15. The molecule has 0 amide bonds. The largest absolute Gasteiger partial charge is 0.464 e. The standard InChI is InChI=1S/C13H12N2O3.C2H6/c1-17-13(16)12-8-11(6-7-15-12)18-10-4-2-9(14)3-5-10;1-2/h2-8H,14H2,1H3;1-2H3. The third-order valence-electron chi connectivity index (χ3n) is 2.24. The van der Waals surface area contributed by atoms with Gasteiger partial charge in [0.15, 0.2) is 5.69 Å². The molecule has 5 nitrogen and oxygen atoms in total. The van der Waals surface area contributed by atoms with Gasteiger partial charge in [-0.25, -0.2) is 9.78 Å². The van der Waals surface area contributed by atoms with Gasteiger partial charge in [-0.2, -0.15) is 0 Å². The van der Waals surface area contributed by atoms with Crippen LogP contribution >= 0.6 is 0 Å². The Labute approximate surface area is 118 Å². The minimum absolute atomic E-state index is 0.199. The Morgan fingerprint density at radius 2 is 1.75 bits per heavy atom. The highest BCUT2D eigenvalue weighted by atomic mass is 16.5. The molecule has 0 saturated carbocycles. The fourth-order valence-electron chi connectivity index (χ4n) is 1.36. The minimum Gasteiger partial charge on any atom is -0.464 e. The van der Waals surface area contributed by atoms with E-state index in [0.717, 1.165) is 0 Å². The molecule has 1 aromatic carbocycles. The van der Waals surface area contributed by atoms with Gasteiger partial charge in [-0.05, 0) is 30.3 Å². The molecule has 0 aliphatic carbocycles. The molecular weight excluding hydrogens is 256 g/mol. The number of carbonyl (C=O) groups is 1. The van der Waals surface area contributed by atoms with Gasteiger partial charge in [-0.3, -0.25) is 0 Å². The zero-order chi connectivity index (χ0) is 15.0. The van der Waals surface area contributed by atoms with Crippen molar-refractivity contribution in [1.82, 2.24) is 4.98 Å². The van der Waals surface area contributed by atoms with Crippen molar-refractivity contribution < 1.29 is 14.3 Å². The Hall–Kier alpha value is -2.56. The maximum Gasteiger partial charge on any atom is 0.356 e. The van der Waals surface area contributed by atoms with E-state index < -0.39 is 5.97 Å². The molecule has 0 spiro atoms. The van der Waals surface area contributed by atoms with Crippen LogP contribution in [0.25, 0.3) is 0 Å². The molecule has 0 aliphatic rings. The van der Waals surface area contributed by atoms with E-state index in [0.29, 0.717) is 17.2 Å². The van der Waals surface area contributed by atoms with Crippen LogP contribution in [0.5, 0.6) is 11.5 Å². The highest BCUT2D eigenvalue weighted by Crippen LogP contribution is 2.22. The van der Waals surface area contributed by atoms with Gasteiger partial charge in [-0.1, -0.05) is 13.8 Å². The molecule has 1 aromatic heterocycles. The number of nitrogens with two attached hydrogens (primary N) is 1. The van der Waals surface area contributed by atoms with Gasteiger partial charge in [0.2, 0.25) is 0 Å². The second kappa shape index (κ2) is 7.78. The predicted molar refractivity (Wildman–Crippen MR) is 77.9 cm³/mol. The molecule has 0 radical (unpaired) electrons. The van der Waals surface area contributed by atoms with Crippen LogP contribution in [0.3, 0.4) is 0 Å². The first-order valence-electron chi connectivity index (χ1n) is 6.27. The Bertz CT molecular complexity index is 553. The van der Waals surface area contributed by atoms with E-state index in [1.54, 1.807) is 30.3 Å². The number of rotatable bonds is 3. The predicted octanol–water partition coefficient (Wildman–Crippen LogP) is 3.27. The summed E-state index contributed by atoms with van der Waals surface area (Å²) in [6.07, 6.45) is 1.49. The maximum absolute atomic E-state index is 11.3. The lowest BCUT2D eigenvalue weighted by atomic mass is 10.3. The third-order valence-corrected chi connectivity index (χ3v) is 2.24. The lowest BCUT2D eigenvalue weighted by Crippen LogP contribution is -2.03. The lowest BCUT2D eigenvalue weighted by molar-refractivity contribution is 0.0593. The van der Waals surface area contributed by atoms with Gasteiger partial charge in [-0.15, -0.1) is 0 Å². The van der Waals surface area contributed by atoms with Crippen molar-refractivity contribution in [2.24, 2.45) is 0 Å². The molecule has 2 N–H and O–H groups in total. The lowest BCUT2D eigenvalue weighted by Gasteiger charge is -2.06. The molecule has 0 unspecified atom stereocenters. The van der Waals surface area contributed by atoms with Gasteiger partial charge in [0.05, 0.1) is 7.11 Å². The van der Waals surface area contributed by atoms with Gasteiger partial charge < -0.3 is 15.2 Å². The van der Waals surface area contributed by atoms with Crippen LogP contribution in [0.1, 0.15) is 24.3 Å². The van der Waals surface area contributed by atoms with Crippen LogP contribution in [0.4, 0.5) is 5.69 Å². The molecule has 2 aromatic rings. The number of esters is 1. The van der Waals surface area contributed by atoms with E-state index >= 15 is 0 Å². The highest BCUT2D eigenvalue weighted by Gasteiger charge is 2.08. The third kappa shape index (κ3) is 4.28. The van der Waals surface area contributed by atoms with Crippen LogP contribution in [-0.4, -0.2) is 18.1 Å². The molecule has 20 heavy (non-hydrogen) atoms. The molecule has 2 rings (SSSR count). The number of ether oxygens (including phenoxy) is 2. The summed E-state index contributed by atoms with van der Waals surface area (Å²) in [5.41, 5.74) is 6.43. The second-order valence-electron chi connectivity index (χ2n) is 3.54. The van der Waals surface area contributed by atoms with Crippen molar-refractivity contribution in [1.29, 1.82) is 0 Å². The SMILES string of the molecule is CC.COC(=O)c1cc(Oc2ccc(N)cc2)ccn1. The summed E-state index contributed by atoms with van der Waals surface area (Å²) >= 11 is 0. The van der Waals surface area contributed by atoms with Crippen LogP contribution in [0.15, 0.2) is 42.6 Å². The second-order valence-corrected chi connectivity index (χ2v) is 3.54. The number of nitrogens with zero attached hydrogens (tertiary/aromatic N) is 1. The van der Waals surface area contributed by atoms with Crippen molar-refractivity contribution in [2.45, 2.75) is 13.8 Å². The molecule has 0 saturated heterocycles. The summed E-state index contributed by atoms with van der Waals surface area (Å²) in [5.74, 6) is 0.638. The van der Waals surface area contributed by atoms with Crippen molar-refractivity contribution in [3.63, 3.8) is 0 Å². The minimum atomic E-state index is -0.502. The monoisotopic (exact) mass is 274 g/mol. The number of carbonyl (C=O) groups excluding carboxylic acids is 1. The number of benzene rings is 1. The van der Waals surface area contributed by atoms with Crippen molar-refractivity contribution in [3.8, 4) is 11.5 Å². The average molecular weight is 274 g/mol. The summed E-state index contributed by atoms with van der Waals surface area (Å²) in [7, 11) is 1.30. The van der Waals surface area contributed by atoms with Gasteiger partial charge >= 0.3 is 5.97 Å². The van der Waals surface area contributed by atoms with E-state index in [9.17, 15) is 4.79 Å². The average Bonchev–Trinajstić information content (AvgIpc) is 2.51. The van der Waals surface area contributed by atoms with Crippen LogP contribution in [-0.2, 0) is 4.74 Å². The number of hydrogen-bond acceptors (Lipinski definition) is 5. The first-order chi connectivity index (χ1) is 9.69. The number of methoxy groups -OCH3 is 1. The quantitative estimate of drug-likeness (QED) is 0.686. The molecule has 5 heteroatoms. The first-order valence-corrected chi connectivity index (χ1v) is 6.27. The van der Waals surface area contributed by atoms with Gasteiger partial charge in [0.25, 0.3) is 0 Å². The Balaban J connectivity index is 0.000000956. The van der Waals surface area contributed by atoms with E-state index in [4.69, 9.17) is 10.5 Å². The summed E-state index contributed by atoms with van der Waals surface area (Å²) < 4.78 is 10.1. The zero-order valence-corrected chi connectivity index (χ0v) is 11.8. The van der Waals surface area contributed by atoms with Crippen molar-refractivity contribution in [3.05, 3.63) is 48.3 Å². The number of pyridine rings is 1. The van der Waals surface area contributed by atoms with Gasteiger partial charge in [0, 0.05) is 18.0 Å². The molecule has 1 heterocycles. The van der Waals surface area contributed by atoms with Crippen LogP contribution in [0, 0.1) is 0 Å². The van der Waals surface area contributed by atoms with E-state index in [1.165, 1.54) is 19.4 Å². The number of hydrogen-bond donors (Lipinski definition) is 1. The summed E-state index contributed by atoms with van der Waals surface area (Å²) in [4.78, 5) is 15.2. The van der Waals surface area contributed by atoms with Crippen LogP contribution in [0.2, 0.25) is 0 Å². The van der Waals surface area contributed by atoms with Gasteiger partial charge in [0.1, 0.15) is 11.5 Å². The molecule has 0 atom stereocenters. The summed E-state index contributed by atoms with van der Waals surface area (Å²) in [6.45, 7) is 4.00. The molecule has 0 aliphatic heterocycles. The first kappa shape index (κ1) is 15.5. The summed E-state index contributed by atoms with van der Waals surface area (Å²) in [5, 5.41) is 0. The molecule has 0 fully saturated rings. The van der Waals surface area contributed by atoms with E-state index in [2.05, 4.69) is 9.72 Å². The number of anilines is 1. The molecular formula is C15H18N2O3. The highest BCUT2D eigenvalue weighted by molar-refractivity contribution is 5.87. The Morgan fingerprint density at radius 1 is 1.10 bits per heavy atom. The molecule has 0 bridgehead atoms. The zero-order valence-electron chi connectivity index (χ0n) is 11.8. The Morgan fingerprint density at radius 3 is 2.35 bits per heavy atom. The molecule has 106 valence electrons. The van der Waals surface area contributed by atoms with Crippen molar-refractivity contribution >= 4 is 11.7 Å². The van der Waals surface area contributed by atoms with Crippen LogP contribution < -0.4 is 10.5 Å². The maximum atomic E-state index is 11.3. The smallest absolute Gasteiger partial charge is 0.356 e.